The SMILES string of the molecule is COc1ccc(-c2csc(NC(=O)c3cc(=O)[nH]c4ccccc34)n2)cc1OC. The Labute approximate surface area is 170 Å². The van der Waals surface area contributed by atoms with Crippen molar-refractivity contribution in [2.45, 2.75) is 0 Å². The molecule has 0 aliphatic rings. The van der Waals surface area contributed by atoms with E-state index in [2.05, 4.69) is 15.3 Å². The van der Waals surface area contributed by atoms with Gasteiger partial charge in [0.15, 0.2) is 16.6 Å². The number of nitrogens with one attached hydrogen (secondary N) is 2. The zero-order valence-corrected chi connectivity index (χ0v) is 16.5. The number of thiazole rings is 1. The van der Waals surface area contributed by atoms with Gasteiger partial charge in [-0.15, -0.1) is 11.3 Å². The second-order valence-corrected chi connectivity index (χ2v) is 7.01. The van der Waals surface area contributed by atoms with Gasteiger partial charge >= 0.3 is 0 Å². The van der Waals surface area contributed by atoms with Gasteiger partial charge in [0, 0.05) is 27.9 Å². The summed E-state index contributed by atoms with van der Waals surface area (Å²) in [6.07, 6.45) is 0. The summed E-state index contributed by atoms with van der Waals surface area (Å²) >= 11 is 1.30. The summed E-state index contributed by atoms with van der Waals surface area (Å²) in [5, 5.41) is 5.72. The lowest BCUT2D eigenvalue weighted by Gasteiger charge is -2.08. The molecule has 2 N–H and O–H groups in total. The Morgan fingerprint density at radius 2 is 1.86 bits per heavy atom. The number of hydrogen-bond acceptors (Lipinski definition) is 6. The van der Waals surface area contributed by atoms with E-state index in [1.165, 1.54) is 17.4 Å². The van der Waals surface area contributed by atoms with E-state index >= 15 is 0 Å². The number of para-hydroxylation sites is 1. The number of aromatic nitrogens is 2. The number of amides is 1. The minimum atomic E-state index is -0.388. The third-order valence-electron chi connectivity index (χ3n) is 4.40. The molecule has 4 aromatic rings. The molecule has 2 heterocycles. The molecule has 2 aromatic heterocycles. The second-order valence-electron chi connectivity index (χ2n) is 6.15. The molecule has 29 heavy (non-hydrogen) atoms. The summed E-state index contributed by atoms with van der Waals surface area (Å²) in [6, 6.07) is 13.9. The van der Waals surface area contributed by atoms with E-state index in [0.29, 0.717) is 38.8 Å². The van der Waals surface area contributed by atoms with Crippen molar-refractivity contribution in [1.29, 1.82) is 0 Å². The van der Waals surface area contributed by atoms with Crippen molar-refractivity contribution < 1.29 is 14.3 Å². The van der Waals surface area contributed by atoms with Gasteiger partial charge in [-0.1, -0.05) is 18.2 Å². The Balaban J connectivity index is 1.62. The minimum absolute atomic E-state index is 0.298. The van der Waals surface area contributed by atoms with Gasteiger partial charge in [-0.3, -0.25) is 14.9 Å². The molecule has 0 atom stereocenters. The van der Waals surface area contributed by atoms with Crippen LogP contribution in [0.5, 0.6) is 11.5 Å². The number of fused-ring (bicyclic) bond motifs is 1. The lowest BCUT2D eigenvalue weighted by molar-refractivity contribution is 0.102. The van der Waals surface area contributed by atoms with Gasteiger partial charge in [-0.05, 0) is 24.3 Å². The Kier molecular flexibility index (Phi) is 5.01. The molecule has 1 amide bonds. The van der Waals surface area contributed by atoms with E-state index in [1.807, 2.05) is 23.6 Å². The molecule has 0 aliphatic carbocycles. The first-order valence-electron chi connectivity index (χ1n) is 8.70. The molecule has 0 spiro atoms. The van der Waals surface area contributed by atoms with Crippen LogP contribution in [0.4, 0.5) is 5.13 Å². The van der Waals surface area contributed by atoms with Crippen LogP contribution in [0.25, 0.3) is 22.2 Å². The van der Waals surface area contributed by atoms with Crippen LogP contribution in [-0.2, 0) is 0 Å². The van der Waals surface area contributed by atoms with E-state index in [4.69, 9.17) is 9.47 Å². The Morgan fingerprint density at radius 3 is 2.66 bits per heavy atom. The van der Waals surface area contributed by atoms with Gasteiger partial charge in [-0.2, -0.15) is 0 Å². The molecule has 0 radical (unpaired) electrons. The number of anilines is 1. The first-order valence-corrected chi connectivity index (χ1v) is 9.58. The van der Waals surface area contributed by atoms with E-state index in [1.54, 1.807) is 38.5 Å². The zero-order valence-electron chi connectivity index (χ0n) is 15.7. The molecule has 0 fully saturated rings. The summed E-state index contributed by atoms with van der Waals surface area (Å²) in [5.74, 6) is 0.834. The highest BCUT2D eigenvalue weighted by molar-refractivity contribution is 7.14. The Morgan fingerprint density at radius 1 is 1.07 bits per heavy atom. The topological polar surface area (TPSA) is 93.3 Å². The standard InChI is InChI=1S/C21H17N3O4S/c1-27-17-8-7-12(9-18(17)28-2)16-11-29-21(23-16)24-20(26)14-10-19(25)22-15-6-4-3-5-13(14)15/h3-11H,1-2H3,(H,22,25)(H,23,24,26). The van der Waals surface area contributed by atoms with Crippen LogP contribution in [-0.4, -0.2) is 30.1 Å². The molecule has 146 valence electrons. The first kappa shape index (κ1) is 18.7. The maximum absolute atomic E-state index is 12.8. The van der Waals surface area contributed by atoms with Gasteiger partial charge in [0.2, 0.25) is 5.56 Å². The molecule has 2 aromatic carbocycles. The average Bonchev–Trinajstić information content (AvgIpc) is 3.20. The largest absolute Gasteiger partial charge is 0.493 e. The molecule has 0 saturated carbocycles. The Hall–Kier alpha value is -3.65. The normalized spacial score (nSPS) is 10.7. The van der Waals surface area contributed by atoms with Crippen molar-refractivity contribution in [1.82, 2.24) is 9.97 Å². The first-order chi connectivity index (χ1) is 14.1. The number of pyridine rings is 1. The highest BCUT2D eigenvalue weighted by Gasteiger charge is 2.15. The third kappa shape index (κ3) is 3.70. The molecule has 0 saturated heterocycles. The fraction of sp³-hybridized carbons (Fsp3) is 0.0952. The number of H-pyrrole nitrogens is 1. The molecule has 8 heteroatoms. The number of rotatable bonds is 5. The van der Waals surface area contributed by atoms with Crippen LogP contribution in [0.3, 0.4) is 0 Å². The van der Waals surface area contributed by atoms with Crippen molar-refractivity contribution in [3.63, 3.8) is 0 Å². The molecular weight excluding hydrogens is 390 g/mol. The number of benzene rings is 2. The summed E-state index contributed by atoms with van der Waals surface area (Å²) in [4.78, 5) is 31.9. The smallest absolute Gasteiger partial charge is 0.258 e. The fourth-order valence-corrected chi connectivity index (χ4v) is 3.73. The molecule has 4 rings (SSSR count). The van der Waals surface area contributed by atoms with Crippen molar-refractivity contribution in [3.8, 4) is 22.8 Å². The molecule has 0 bridgehead atoms. The number of hydrogen-bond donors (Lipinski definition) is 2. The van der Waals surface area contributed by atoms with Crippen LogP contribution >= 0.6 is 11.3 Å². The van der Waals surface area contributed by atoms with Crippen LogP contribution in [0, 0.1) is 0 Å². The monoisotopic (exact) mass is 407 g/mol. The summed E-state index contributed by atoms with van der Waals surface area (Å²) < 4.78 is 10.6. The van der Waals surface area contributed by atoms with E-state index in [9.17, 15) is 9.59 Å². The molecule has 0 unspecified atom stereocenters. The summed E-state index contributed by atoms with van der Waals surface area (Å²) in [5.41, 5.74) is 2.10. The predicted octanol–water partition coefficient (Wildman–Crippen LogP) is 3.92. The third-order valence-corrected chi connectivity index (χ3v) is 5.16. The van der Waals surface area contributed by atoms with Crippen LogP contribution in [0.2, 0.25) is 0 Å². The van der Waals surface area contributed by atoms with Crippen LogP contribution in [0.15, 0.2) is 58.7 Å². The van der Waals surface area contributed by atoms with E-state index in [-0.39, 0.29) is 11.5 Å². The number of aromatic amines is 1. The van der Waals surface area contributed by atoms with E-state index in [0.717, 1.165) is 5.56 Å². The highest BCUT2D eigenvalue weighted by atomic mass is 32.1. The number of nitrogens with zero attached hydrogens (tertiary/aromatic N) is 1. The summed E-state index contributed by atoms with van der Waals surface area (Å²) in [6.45, 7) is 0. The van der Waals surface area contributed by atoms with E-state index < -0.39 is 0 Å². The summed E-state index contributed by atoms with van der Waals surface area (Å²) in [7, 11) is 3.15. The number of carbonyl (C=O) groups excluding carboxylic acids is 1. The molecular formula is C21H17N3O4S. The number of carbonyl (C=O) groups is 1. The lowest BCUT2D eigenvalue weighted by atomic mass is 10.1. The zero-order chi connectivity index (χ0) is 20.4. The van der Waals surface area contributed by atoms with Crippen molar-refractivity contribution >= 4 is 33.3 Å². The minimum Gasteiger partial charge on any atom is -0.493 e. The van der Waals surface area contributed by atoms with Gasteiger partial charge in [0.05, 0.1) is 25.5 Å². The fourth-order valence-electron chi connectivity index (χ4n) is 3.02. The molecule has 0 aliphatic heterocycles. The van der Waals surface area contributed by atoms with Gasteiger partial charge in [-0.25, -0.2) is 4.98 Å². The van der Waals surface area contributed by atoms with Crippen LogP contribution < -0.4 is 20.3 Å². The number of methoxy groups -OCH3 is 2. The Bertz CT molecular complexity index is 1260. The maximum atomic E-state index is 12.8. The van der Waals surface area contributed by atoms with Crippen molar-refractivity contribution in [3.05, 3.63) is 69.8 Å². The lowest BCUT2D eigenvalue weighted by Crippen LogP contribution is -2.16. The second kappa shape index (κ2) is 7.76. The predicted molar refractivity (Wildman–Crippen MR) is 113 cm³/mol. The average molecular weight is 407 g/mol. The van der Waals surface area contributed by atoms with Crippen molar-refractivity contribution in [2.24, 2.45) is 0 Å². The number of ether oxygens (including phenoxy) is 2. The van der Waals surface area contributed by atoms with Gasteiger partial charge < -0.3 is 14.5 Å². The maximum Gasteiger partial charge on any atom is 0.258 e. The van der Waals surface area contributed by atoms with Gasteiger partial charge in [0.1, 0.15) is 0 Å². The van der Waals surface area contributed by atoms with Gasteiger partial charge in [0.25, 0.3) is 5.91 Å². The highest BCUT2D eigenvalue weighted by Crippen LogP contribution is 2.33. The van der Waals surface area contributed by atoms with Crippen LogP contribution in [0.1, 0.15) is 10.4 Å². The van der Waals surface area contributed by atoms with Crippen molar-refractivity contribution in [2.75, 3.05) is 19.5 Å². The molecule has 7 nitrogen and oxygen atoms in total. The quantitative estimate of drug-likeness (QED) is 0.523.